The molecule has 0 saturated heterocycles. The van der Waals surface area contributed by atoms with Gasteiger partial charge < -0.3 is 4.57 Å². The maximum absolute atomic E-state index is 4.95. The molecule has 1 atom stereocenters. The normalized spacial score (nSPS) is 16.9. The second-order valence-electron chi connectivity index (χ2n) is 5.91. The Labute approximate surface area is 115 Å². The minimum Gasteiger partial charge on any atom is -0.327 e. The lowest BCUT2D eigenvalue weighted by Crippen LogP contribution is -2.10. The van der Waals surface area contributed by atoms with E-state index in [4.69, 9.17) is 4.98 Å². The van der Waals surface area contributed by atoms with E-state index in [1.54, 1.807) is 0 Å². The Morgan fingerprint density at radius 2 is 2.05 bits per heavy atom. The monoisotopic (exact) mass is 256 g/mol. The maximum Gasteiger partial charge on any atom is 0.112 e. The smallest absolute Gasteiger partial charge is 0.112 e. The van der Waals surface area contributed by atoms with Crippen molar-refractivity contribution in [3.63, 3.8) is 0 Å². The number of hydrogen-bond acceptors (Lipinski definition) is 1. The molecule has 2 aromatic rings. The van der Waals surface area contributed by atoms with Gasteiger partial charge in [-0.15, -0.1) is 0 Å². The Morgan fingerprint density at radius 3 is 2.74 bits per heavy atom. The predicted octanol–water partition coefficient (Wildman–Crippen LogP) is 4.74. The highest BCUT2D eigenvalue weighted by molar-refractivity contribution is 5.76. The first-order chi connectivity index (χ1) is 9.33. The lowest BCUT2D eigenvalue weighted by Gasteiger charge is -2.16. The topological polar surface area (TPSA) is 17.8 Å². The van der Waals surface area contributed by atoms with E-state index in [0.29, 0.717) is 5.92 Å². The SMILES string of the molecule is CCCC(CC)c1nc2ccccc2n1CC1CC1. The average molecular weight is 256 g/mol. The highest BCUT2D eigenvalue weighted by atomic mass is 15.1. The van der Waals surface area contributed by atoms with E-state index in [0.717, 1.165) is 5.92 Å². The first-order valence-corrected chi connectivity index (χ1v) is 7.78. The van der Waals surface area contributed by atoms with Gasteiger partial charge in [0.05, 0.1) is 11.0 Å². The number of hydrogen-bond donors (Lipinski definition) is 0. The summed E-state index contributed by atoms with van der Waals surface area (Å²) in [5, 5.41) is 0. The summed E-state index contributed by atoms with van der Waals surface area (Å²) < 4.78 is 2.51. The molecule has 0 N–H and O–H groups in total. The zero-order valence-corrected chi connectivity index (χ0v) is 12.1. The van der Waals surface area contributed by atoms with Gasteiger partial charge in [-0.3, -0.25) is 0 Å². The molecular formula is C17H24N2. The van der Waals surface area contributed by atoms with Crippen molar-refractivity contribution in [1.29, 1.82) is 0 Å². The Balaban J connectivity index is 2.04. The fourth-order valence-electron chi connectivity index (χ4n) is 3.02. The number of nitrogens with zero attached hydrogens (tertiary/aromatic N) is 2. The minimum atomic E-state index is 0.621. The first-order valence-electron chi connectivity index (χ1n) is 7.78. The Morgan fingerprint density at radius 1 is 1.26 bits per heavy atom. The van der Waals surface area contributed by atoms with Crippen molar-refractivity contribution >= 4 is 11.0 Å². The van der Waals surface area contributed by atoms with E-state index in [-0.39, 0.29) is 0 Å². The van der Waals surface area contributed by atoms with Gasteiger partial charge in [0.25, 0.3) is 0 Å². The lowest BCUT2D eigenvalue weighted by atomic mass is 10.00. The third-order valence-corrected chi connectivity index (χ3v) is 4.32. The van der Waals surface area contributed by atoms with Crippen molar-refractivity contribution in [2.45, 2.75) is 58.4 Å². The summed E-state index contributed by atoms with van der Waals surface area (Å²) in [6.07, 6.45) is 6.49. The fraction of sp³-hybridized carbons (Fsp3) is 0.588. The van der Waals surface area contributed by atoms with Crippen molar-refractivity contribution in [3.05, 3.63) is 30.1 Å². The van der Waals surface area contributed by atoms with Crippen LogP contribution in [-0.4, -0.2) is 9.55 Å². The van der Waals surface area contributed by atoms with Crippen LogP contribution in [0.5, 0.6) is 0 Å². The quantitative estimate of drug-likeness (QED) is 0.730. The molecular weight excluding hydrogens is 232 g/mol. The molecule has 1 unspecified atom stereocenters. The molecule has 1 aromatic carbocycles. The maximum atomic E-state index is 4.95. The van der Waals surface area contributed by atoms with Gasteiger partial charge in [0.15, 0.2) is 0 Å². The molecule has 1 aliphatic carbocycles. The number of benzene rings is 1. The Hall–Kier alpha value is -1.31. The van der Waals surface area contributed by atoms with Crippen LogP contribution in [0.2, 0.25) is 0 Å². The molecule has 1 heterocycles. The molecule has 1 saturated carbocycles. The van der Waals surface area contributed by atoms with Gasteiger partial charge in [-0.25, -0.2) is 4.98 Å². The summed E-state index contributed by atoms with van der Waals surface area (Å²) in [4.78, 5) is 4.95. The summed E-state index contributed by atoms with van der Waals surface area (Å²) in [7, 11) is 0. The molecule has 2 heteroatoms. The number of fused-ring (bicyclic) bond motifs is 1. The third-order valence-electron chi connectivity index (χ3n) is 4.32. The van der Waals surface area contributed by atoms with Crippen LogP contribution in [0.4, 0.5) is 0 Å². The third kappa shape index (κ3) is 2.54. The van der Waals surface area contributed by atoms with Crippen molar-refractivity contribution in [2.75, 3.05) is 0 Å². The molecule has 19 heavy (non-hydrogen) atoms. The van der Waals surface area contributed by atoms with Gasteiger partial charge in [0.2, 0.25) is 0 Å². The standard InChI is InChI=1S/C17H24N2/c1-3-7-14(4-2)17-18-15-8-5-6-9-16(15)19(17)12-13-10-11-13/h5-6,8-9,13-14H,3-4,7,10-12H2,1-2H3. The molecule has 1 aromatic heterocycles. The second-order valence-corrected chi connectivity index (χ2v) is 5.91. The van der Waals surface area contributed by atoms with Gasteiger partial charge in [-0.1, -0.05) is 32.4 Å². The van der Waals surface area contributed by atoms with E-state index in [1.807, 2.05) is 0 Å². The Kier molecular flexibility index (Phi) is 3.58. The molecule has 0 radical (unpaired) electrons. The van der Waals surface area contributed by atoms with Gasteiger partial charge in [0, 0.05) is 12.5 Å². The number of para-hydroxylation sites is 2. The molecule has 1 aliphatic rings. The lowest BCUT2D eigenvalue weighted by molar-refractivity contribution is 0.514. The Bertz CT molecular complexity index is 551. The number of aromatic nitrogens is 2. The van der Waals surface area contributed by atoms with E-state index in [1.165, 1.54) is 55.5 Å². The van der Waals surface area contributed by atoms with Crippen LogP contribution in [0.3, 0.4) is 0 Å². The van der Waals surface area contributed by atoms with E-state index < -0.39 is 0 Å². The zero-order valence-electron chi connectivity index (χ0n) is 12.1. The summed E-state index contributed by atoms with van der Waals surface area (Å²) in [6.45, 7) is 5.74. The highest BCUT2D eigenvalue weighted by Crippen LogP contribution is 2.35. The van der Waals surface area contributed by atoms with Crippen molar-refractivity contribution < 1.29 is 0 Å². The van der Waals surface area contributed by atoms with Crippen LogP contribution in [0, 0.1) is 5.92 Å². The van der Waals surface area contributed by atoms with E-state index >= 15 is 0 Å². The van der Waals surface area contributed by atoms with Crippen LogP contribution in [-0.2, 0) is 6.54 Å². The molecule has 3 rings (SSSR count). The molecule has 0 bridgehead atoms. The van der Waals surface area contributed by atoms with Crippen LogP contribution in [0.1, 0.15) is 57.7 Å². The molecule has 0 spiro atoms. The predicted molar refractivity (Wildman–Crippen MR) is 80.4 cm³/mol. The van der Waals surface area contributed by atoms with Crippen molar-refractivity contribution in [3.8, 4) is 0 Å². The van der Waals surface area contributed by atoms with Crippen molar-refractivity contribution in [2.24, 2.45) is 5.92 Å². The second kappa shape index (κ2) is 5.36. The van der Waals surface area contributed by atoms with Gasteiger partial charge in [-0.2, -0.15) is 0 Å². The van der Waals surface area contributed by atoms with Crippen LogP contribution >= 0.6 is 0 Å². The van der Waals surface area contributed by atoms with Crippen LogP contribution in [0.15, 0.2) is 24.3 Å². The first kappa shape index (κ1) is 12.7. The fourth-order valence-corrected chi connectivity index (χ4v) is 3.02. The van der Waals surface area contributed by atoms with Gasteiger partial charge >= 0.3 is 0 Å². The largest absolute Gasteiger partial charge is 0.327 e. The zero-order chi connectivity index (χ0) is 13.2. The van der Waals surface area contributed by atoms with Crippen molar-refractivity contribution in [1.82, 2.24) is 9.55 Å². The molecule has 0 aliphatic heterocycles. The minimum absolute atomic E-state index is 0.621. The summed E-state index contributed by atoms with van der Waals surface area (Å²) in [5.74, 6) is 2.85. The van der Waals surface area contributed by atoms with E-state index in [9.17, 15) is 0 Å². The van der Waals surface area contributed by atoms with Crippen LogP contribution in [0.25, 0.3) is 11.0 Å². The number of rotatable bonds is 6. The highest BCUT2D eigenvalue weighted by Gasteiger charge is 2.26. The summed E-state index contributed by atoms with van der Waals surface area (Å²) in [5.41, 5.74) is 2.51. The van der Waals surface area contributed by atoms with Crippen LogP contribution < -0.4 is 0 Å². The molecule has 102 valence electrons. The van der Waals surface area contributed by atoms with Gasteiger partial charge in [0.1, 0.15) is 5.82 Å². The van der Waals surface area contributed by atoms with E-state index in [2.05, 4.69) is 42.7 Å². The summed E-state index contributed by atoms with van der Waals surface area (Å²) in [6, 6.07) is 8.62. The molecule has 1 fully saturated rings. The summed E-state index contributed by atoms with van der Waals surface area (Å²) >= 11 is 0. The van der Waals surface area contributed by atoms with Gasteiger partial charge in [-0.05, 0) is 43.7 Å². The molecule has 0 amide bonds. The number of imidazole rings is 1. The average Bonchev–Trinajstić information content (AvgIpc) is 3.18. The molecule has 2 nitrogen and oxygen atoms in total.